The molecule has 0 radical (unpaired) electrons. The second-order valence-corrected chi connectivity index (χ2v) is 4.64. The van der Waals surface area contributed by atoms with Gasteiger partial charge in [-0.2, -0.15) is 13.2 Å². The number of hydrogen-bond donors (Lipinski definition) is 1. The van der Waals surface area contributed by atoms with E-state index in [1.807, 2.05) is 31.2 Å². The lowest BCUT2D eigenvalue weighted by molar-refractivity contribution is -0.174. The number of nitrogen functional groups attached to an aromatic ring is 1. The van der Waals surface area contributed by atoms with E-state index in [1.54, 1.807) is 0 Å². The summed E-state index contributed by atoms with van der Waals surface area (Å²) in [6, 6.07) is 7.61. The largest absolute Gasteiger partial charge is 0.411 e. The first-order chi connectivity index (χ1) is 9.40. The summed E-state index contributed by atoms with van der Waals surface area (Å²) >= 11 is 0. The minimum absolute atomic E-state index is 0.118. The van der Waals surface area contributed by atoms with Gasteiger partial charge in [-0.15, -0.1) is 0 Å². The van der Waals surface area contributed by atoms with Gasteiger partial charge in [0.2, 0.25) is 0 Å². The van der Waals surface area contributed by atoms with Crippen molar-refractivity contribution >= 4 is 5.69 Å². The highest BCUT2D eigenvalue weighted by Gasteiger charge is 2.27. The summed E-state index contributed by atoms with van der Waals surface area (Å²) < 4.78 is 40.2. The molecule has 0 saturated carbocycles. The second kappa shape index (κ2) is 8.11. The average molecular weight is 290 g/mol. The van der Waals surface area contributed by atoms with Gasteiger partial charge in [-0.1, -0.05) is 19.1 Å². The summed E-state index contributed by atoms with van der Waals surface area (Å²) in [5, 5.41) is 0. The normalized spacial score (nSPS) is 12.1. The van der Waals surface area contributed by atoms with Crippen LogP contribution in [-0.2, 0) is 11.3 Å². The van der Waals surface area contributed by atoms with E-state index in [0.29, 0.717) is 18.7 Å². The Balaban J connectivity index is 2.26. The fraction of sp³-hybridized carbons (Fsp3) is 0.571. The summed E-state index contributed by atoms with van der Waals surface area (Å²) in [6.07, 6.45) is -3.67. The zero-order chi connectivity index (χ0) is 15.0. The molecule has 1 aromatic carbocycles. The van der Waals surface area contributed by atoms with Crippen LogP contribution in [0.1, 0.15) is 18.9 Å². The van der Waals surface area contributed by atoms with E-state index in [1.165, 1.54) is 0 Å². The van der Waals surface area contributed by atoms with Crippen LogP contribution in [0, 0.1) is 0 Å². The molecular formula is C14H21F3N2O. The van der Waals surface area contributed by atoms with Crippen LogP contribution in [0.25, 0.3) is 0 Å². The number of hydrogen-bond acceptors (Lipinski definition) is 3. The van der Waals surface area contributed by atoms with Gasteiger partial charge in [0.05, 0.1) is 0 Å². The first kappa shape index (κ1) is 16.8. The van der Waals surface area contributed by atoms with Crippen LogP contribution in [0.5, 0.6) is 0 Å². The number of rotatable bonds is 8. The number of benzene rings is 1. The average Bonchev–Trinajstić information content (AvgIpc) is 2.35. The Morgan fingerprint density at radius 1 is 1.30 bits per heavy atom. The molecule has 1 aromatic rings. The van der Waals surface area contributed by atoms with Crippen molar-refractivity contribution in [3.8, 4) is 0 Å². The third-order valence-corrected chi connectivity index (χ3v) is 2.83. The van der Waals surface area contributed by atoms with Crippen molar-refractivity contribution in [2.75, 3.05) is 32.0 Å². The molecule has 0 aliphatic rings. The van der Waals surface area contributed by atoms with Gasteiger partial charge in [0.1, 0.15) is 6.61 Å². The monoisotopic (exact) mass is 290 g/mol. The van der Waals surface area contributed by atoms with Crippen LogP contribution in [-0.4, -0.2) is 37.4 Å². The Morgan fingerprint density at radius 2 is 2.05 bits per heavy atom. The minimum atomic E-state index is -4.24. The molecule has 0 atom stereocenters. The highest BCUT2D eigenvalue weighted by Crippen LogP contribution is 2.14. The molecule has 0 aliphatic carbocycles. The van der Waals surface area contributed by atoms with E-state index in [9.17, 15) is 13.2 Å². The van der Waals surface area contributed by atoms with Gasteiger partial charge in [0, 0.05) is 25.4 Å². The maximum atomic E-state index is 11.9. The zero-order valence-corrected chi connectivity index (χ0v) is 11.6. The third kappa shape index (κ3) is 7.35. The van der Waals surface area contributed by atoms with Crippen molar-refractivity contribution in [2.45, 2.75) is 26.1 Å². The molecule has 6 heteroatoms. The fourth-order valence-corrected chi connectivity index (χ4v) is 1.88. The summed E-state index contributed by atoms with van der Waals surface area (Å²) in [7, 11) is 0. The van der Waals surface area contributed by atoms with Gasteiger partial charge < -0.3 is 10.5 Å². The zero-order valence-electron chi connectivity index (χ0n) is 11.6. The predicted molar refractivity (Wildman–Crippen MR) is 73.3 cm³/mol. The molecule has 0 aromatic heterocycles. The predicted octanol–water partition coefficient (Wildman–Crippen LogP) is 3.06. The van der Waals surface area contributed by atoms with Crippen molar-refractivity contribution in [2.24, 2.45) is 0 Å². The van der Waals surface area contributed by atoms with Crippen LogP contribution < -0.4 is 5.73 Å². The van der Waals surface area contributed by atoms with E-state index in [2.05, 4.69) is 9.64 Å². The Morgan fingerprint density at radius 3 is 2.65 bits per heavy atom. The number of anilines is 1. The number of alkyl halides is 3. The van der Waals surface area contributed by atoms with Crippen molar-refractivity contribution in [3.63, 3.8) is 0 Å². The molecule has 0 aliphatic heterocycles. The lowest BCUT2D eigenvalue weighted by Gasteiger charge is -2.20. The van der Waals surface area contributed by atoms with Crippen LogP contribution in [0.4, 0.5) is 18.9 Å². The molecule has 0 amide bonds. The summed E-state index contributed by atoms with van der Waals surface area (Å²) in [5.74, 6) is 0. The van der Waals surface area contributed by atoms with Crippen LogP contribution in [0.2, 0.25) is 0 Å². The van der Waals surface area contributed by atoms with E-state index in [0.717, 1.165) is 18.7 Å². The Kier molecular flexibility index (Phi) is 6.81. The van der Waals surface area contributed by atoms with Gasteiger partial charge in [-0.3, -0.25) is 4.90 Å². The van der Waals surface area contributed by atoms with Crippen LogP contribution in [0.3, 0.4) is 0 Å². The summed E-state index contributed by atoms with van der Waals surface area (Å²) in [4.78, 5) is 2.14. The first-order valence-corrected chi connectivity index (χ1v) is 6.62. The van der Waals surface area contributed by atoms with Gasteiger partial charge in [0.25, 0.3) is 0 Å². The maximum Gasteiger partial charge on any atom is 0.411 e. The van der Waals surface area contributed by atoms with Crippen molar-refractivity contribution in [3.05, 3.63) is 29.8 Å². The lowest BCUT2D eigenvalue weighted by atomic mass is 10.2. The molecule has 114 valence electrons. The Bertz CT molecular complexity index is 396. The van der Waals surface area contributed by atoms with Crippen molar-refractivity contribution in [1.29, 1.82) is 0 Å². The maximum absolute atomic E-state index is 11.9. The van der Waals surface area contributed by atoms with E-state index in [-0.39, 0.29) is 6.61 Å². The molecule has 3 nitrogen and oxygen atoms in total. The minimum Gasteiger partial charge on any atom is -0.399 e. The smallest absolute Gasteiger partial charge is 0.399 e. The van der Waals surface area contributed by atoms with Gasteiger partial charge in [-0.05, 0) is 30.7 Å². The summed E-state index contributed by atoms with van der Waals surface area (Å²) in [6.45, 7) is 3.22. The topological polar surface area (TPSA) is 38.5 Å². The first-order valence-electron chi connectivity index (χ1n) is 6.62. The highest BCUT2D eigenvalue weighted by atomic mass is 19.4. The van der Waals surface area contributed by atoms with E-state index < -0.39 is 12.8 Å². The van der Waals surface area contributed by atoms with Gasteiger partial charge in [0.15, 0.2) is 0 Å². The third-order valence-electron chi connectivity index (χ3n) is 2.83. The number of nitrogens with zero attached hydrogens (tertiary/aromatic N) is 1. The van der Waals surface area contributed by atoms with Crippen molar-refractivity contribution < 1.29 is 17.9 Å². The number of ether oxygens (including phenoxy) is 1. The lowest BCUT2D eigenvalue weighted by Crippen LogP contribution is -2.25. The molecular weight excluding hydrogens is 269 g/mol. The molecule has 0 heterocycles. The standard InChI is InChI=1S/C14H21F3N2O/c1-2-19(7-4-8-20-11-14(15,16)17)10-12-5-3-6-13(18)9-12/h3,5-6,9H,2,4,7-8,10-11,18H2,1H3. The summed E-state index contributed by atoms with van der Waals surface area (Å²) in [5.41, 5.74) is 7.53. The second-order valence-electron chi connectivity index (χ2n) is 4.64. The SMILES string of the molecule is CCN(CCCOCC(F)(F)F)Cc1cccc(N)c1. The molecule has 0 fully saturated rings. The van der Waals surface area contributed by atoms with E-state index in [4.69, 9.17) is 5.73 Å². The fourth-order valence-electron chi connectivity index (χ4n) is 1.88. The Labute approximate surface area is 117 Å². The Hall–Kier alpha value is -1.27. The molecule has 0 saturated heterocycles. The number of nitrogens with two attached hydrogens (primary N) is 1. The van der Waals surface area contributed by atoms with Crippen LogP contribution in [0.15, 0.2) is 24.3 Å². The number of halogens is 3. The molecule has 0 unspecified atom stereocenters. The van der Waals surface area contributed by atoms with Gasteiger partial charge in [-0.25, -0.2) is 0 Å². The van der Waals surface area contributed by atoms with Gasteiger partial charge >= 0.3 is 6.18 Å². The molecule has 1 rings (SSSR count). The highest BCUT2D eigenvalue weighted by molar-refractivity contribution is 5.40. The molecule has 2 N–H and O–H groups in total. The molecule has 0 spiro atoms. The molecule has 0 bridgehead atoms. The molecule has 20 heavy (non-hydrogen) atoms. The van der Waals surface area contributed by atoms with Crippen LogP contribution >= 0.6 is 0 Å². The quantitative estimate of drug-likeness (QED) is 0.591. The van der Waals surface area contributed by atoms with E-state index >= 15 is 0 Å². The van der Waals surface area contributed by atoms with Crippen molar-refractivity contribution in [1.82, 2.24) is 4.90 Å².